The summed E-state index contributed by atoms with van der Waals surface area (Å²) in [6.07, 6.45) is 3.14. The minimum absolute atomic E-state index is 0.0814. The predicted molar refractivity (Wildman–Crippen MR) is 140 cm³/mol. The van der Waals surface area contributed by atoms with Crippen molar-refractivity contribution in [1.82, 2.24) is 19.8 Å². The molecule has 188 valence electrons. The number of aromatic nitrogens is 2. The molecular weight excluding hydrogens is 490 g/mol. The van der Waals surface area contributed by atoms with Crippen molar-refractivity contribution < 1.29 is 18.0 Å². The van der Waals surface area contributed by atoms with Crippen molar-refractivity contribution in [1.29, 1.82) is 0 Å². The molecule has 0 spiro atoms. The maximum absolute atomic E-state index is 13.1. The molecule has 1 unspecified atom stereocenters. The number of hydrogen-bond donors (Lipinski definition) is 1. The van der Waals surface area contributed by atoms with E-state index in [1.54, 1.807) is 88.9 Å². The molecule has 2 aromatic carbocycles. The molecule has 4 aromatic rings. The van der Waals surface area contributed by atoms with Gasteiger partial charge in [0, 0.05) is 54.7 Å². The number of rotatable bonds is 5. The van der Waals surface area contributed by atoms with Gasteiger partial charge in [-0.3, -0.25) is 24.3 Å². The van der Waals surface area contributed by atoms with Gasteiger partial charge in [0.2, 0.25) is 0 Å². The number of anilines is 1. The van der Waals surface area contributed by atoms with Crippen molar-refractivity contribution in [2.75, 3.05) is 24.4 Å². The van der Waals surface area contributed by atoms with Crippen LogP contribution in [-0.2, 0) is 10.0 Å². The fourth-order valence-electron chi connectivity index (χ4n) is 4.45. The molecule has 0 aliphatic carbocycles. The van der Waals surface area contributed by atoms with Crippen LogP contribution in [0.25, 0.3) is 10.9 Å². The molecule has 1 N–H and O–H groups in total. The minimum Gasteiger partial charge on any atom is -0.335 e. The molecule has 1 atom stereocenters. The third-order valence-corrected chi connectivity index (χ3v) is 7.74. The number of nitrogens with one attached hydrogen (secondary N) is 1. The Kier molecular flexibility index (Phi) is 6.58. The highest BCUT2D eigenvalue weighted by molar-refractivity contribution is 7.93. The van der Waals surface area contributed by atoms with E-state index in [0.29, 0.717) is 42.1 Å². The number of carbonyl (C=O) groups excluding carboxylic acids is 2. The Balaban J connectivity index is 1.26. The highest BCUT2D eigenvalue weighted by atomic mass is 32.2. The molecule has 1 aliphatic heterocycles. The van der Waals surface area contributed by atoms with E-state index in [1.807, 2.05) is 6.92 Å². The number of benzene rings is 2. The average Bonchev–Trinajstić information content (AvgIpc) is 2.92. The number of para-hydroxylation sites is 1. The fraction of sp³-hybridized carbons (Fsp3) is 0.185. The number of amides is 2. The van der Waals surface area contributed by atoms with Crippen LogP contribution in [0.15, 0.2) is 90.1 Å². The molecule has 0 saturated carbocycles. The molecule has 2 amide bonds. The van der Waals surface area contributed by atoms with Gasteiger partial charge in [-0.1, -0.05) is 24.3 Å². The van der Waals surface area contributed by atoms with E-state index < -0.39 is 10.0 Å². The number of piperazine rings is 1. The van der Waals surface area contributed by atoms with E-state index >= 15 is 0 Å². The monoisotopic (exact) mass is 515 g/mol. The molecule has 37 heavy (non-hydrogen) atoms. The highest BCUT2D eigenvalue weighted by Gasteiger charge is 2.31. The zero-order chi connectivity index (χ0) is 26.0. The first-order valence-electron chi connectivity index (χ1n) is 11.8. The molecule has 0 radical (unpaired) electrons. The maximum Gasteiger partial charge on any atom is 0.272 e. The normalized spacial score (nSPS) is 16.0. The summed E-state index contributed by atoms with van der Waals surface area (Å²) in [4.78, 5) is 37.8. The standard InChI is InChI=1S/C27H25N5O4S/c1-19-18-31(16-17-32(19)27(34)23-8-2-3-14-28-23)26(33)21-10-12-22(13-11-21)30-37(35,36)24-9-4-6-20-7-5-15-29-25(20)24/h2-15,19,30H,16-18H2,1H3. The molecule has 9 nitrogen and oxygen atoms in total. The lowest BCUT2D eigenvalue weighted by molar-refractivity contribution is 0.0411. The second kappa shape index (κ2) is 9.98. The van der Waals surface area contributed by atoms with Crippen molar-refractivity contribution in [2.45, 2.75) is 17.9 Å². The summed E-state index contributed by atoms with van der Waals surface area (Å²) in [7, 11) is -3.89. The van der Waals surface area contributed by atoms with Crippen molar-refractivity contribution >= 4 is 38.4 Å². The number of nitrogens with zero attached hydrogens (tertiary/aromatic N) is 4. The Morgan fingerprint density at radius 3 is 2.35 bits per heavy atom. The van der Waals surface area contributed by atoms with E-state index in [-0.39, 0.29) is 22.8 Å². The van der Waals surface area contributed by atoms with Crippen LogP contribution in [0.3, 0.4) is 0 Å². The van der Waals surface area contributed by atoms with Gasteiger partial charge in [-0.25, -0.2) is 8.42 Å². The summed E-state index contributed by atoms with van der Waals surface area (Å²) in [5.41, 5.74) is 1.54. The lowest BCUT2D eigenvalue weighted by Crippen LogP contribution is -2.55. The zero-order valence-corrected chi connectivity index (χ0v) is 20.9. The first-order valence-corrected chi connectivity index (χ1v) is 13.3. The van der Waals surface area contributed by atoms with Crippen molar-refractivity contribution in [3.05, 3.63) is 96.4 Å². The number of sulfonamides is 1. The number of carbonyl (C=O) groups is 2. The molecule has 3 heterocycles. The van der Waals surface area contributed by atoms with Gasteiger partial charge in [0.05, 0.1) is 5.52 Å². The summed E-state index contributed by atoms with van der Waals surface area (Å²) >= 11 is 0. The molecule has 1 aliphatic rings. The number of pyridine rings is 2. The third-order valence-electron chi connectivity index (χ3n) is 6.33. The van der Waals surface area contributed by atoms with Gasteiger partial charge in [0.1, 0.15) is 10.6 Å². The van der Waals surface area contributed by atoms with E-state index in [2.05, 4.69) is 14.7 Å². The second-order valence-electron chi connectivity index (χ2n) is 8.83. The maximum atomic E-state index is 13.1. The summed E-state index contributed by atoms with van der Waals surface area (Å²) in [6, 6.07) is 19.9. The van der Waals surface area contributed by atoms with Gasteiger partial charge in [-0.05, 0) is 55.5 Å². The minimum atomic E-state index is -3.89. The number of hydrogen-bond acceptors (Lipinski definition) is 6. The van der Waals surface area contributed by atoms with Gasteiger partial charge in [0.25, 0.3) is 21.8 Å². The second-order valence-corrected chi connectivity index (χ2v) is 10.5. The summed E-state index contributed by atoms with van der Waals surface area (Å²) < 4.78 is 28.7. The van der Waals surface area contributed by atoms with Gasteiger partial charge in [0.15, 0.2) is 0 Å². The Hall–Kier alpha value is -4.31. The van der Waals surface area contributed by atoms with Gasteiger partial charge < -0.3 is 9.80 Å². The molecule has 10 heteroatoms. The molecule has 1 fully saturated rings. The predicted octanol–water partition coefficient (Wildman–Crippen LogP) is 3.42. The Bertz CT molecular complexity index is 1550. The van der Waals surface area contributed by atoms with Crippen LogP contribution in [0.5, 0.6) is 0 Å². The lowest BCUT2D eigenvalue weighted by atomic mass is 10.1. The molecule has 1 saturated heterocycles. The van der Waals surface area contributed by atoms with Crippen LogP contribution in [0.1, 0.15) is 27.8 Å². The average molecular weight is 516 g/mol. The van der Waals surface area contributed by atoms with Crippen LogP contribution in [0.4, 0.5) is 5.69 Å². The Morgan fingerprint density at radius 1 is 0.865 bits per heavy atom. The van der Waals surface area contributed by atoms with E-state index in [0.717, 1.165) is 5.39 Å². The van der Waals surface area contributed by atoms with Gasteiger partial charge in [-0.2, -0.15) is 0 Å². The van der Waals surface area contributed by atoms with Crippen LogP contribution in [-0.4, -0.2) is 65.7 Å². The molecule has 0 bridgehead atoms. The molecule has 2 aromatic heterocycles. The van der Waals surface area contributed by atoms with Crippen molar-refractivity contribution in [2.24, 2.45) is 0 Å². The van der Waals surface area contributed by atoms with E-state index in [1.165, 1.54) is 6.07 Å². The third kappa shape index (κ3) is 5.01. The van der Waals surface area contributed by atoms with Crippen LogP contribution in [0, 0.1) is 0 Å². The largest absolute Gasteiger partial charge is 0.335 e. The lowest BCUT2D eigenvalue weighted by Gasteiger charge is -2.39. The first-order chi connectivity index (χ1) is 17.8. The highest BCUT2D eigenvalue weighted by Crippen LogP contribution is 2.24. The van der Waals surface area contributed by atoms with Crippen molar-refractivity contribution in [3.8, 4) is 0 Å². The zero-order valence-electron chi connectivity index (χ0n) is 20.1. The summed E-state index contributed by atoms with van der Waals surface area (Å²) in [6.45, 7) is 3.09. The van der Waals surface area contributed by atoms with E-state index in [9.17, 15) is 18.0 Å². The van der Waals surface area contributed by atoms with Gasteiger partial charge in [-0.15, -0.1) is 0 Å². The van der Waals surface area contributed by atoms with Crippen LogP contribution < -0.4 is 4.72 Å². The quantitative estimate of drug-likeness (QED) is 0.436. The topological polar surface area (TPSA) is 113 Å². The Labute approximate surface area is 214 Å². The van der Waals surface area contributed by atoms with Crippen LogP contribution >= 0.6 is 0 Å². The van der Waals surface area contributed by atoms with Crippen LogP contribution in [0.2, 0.25) is 0 Å². The molecular formula is C27H25N5O4S. The number of fused-ring (bicyclic) bond motifs is 1. The fourth-order valence-corrected chi connectivity index (χ4v) is 5.69. The SMILES string of the molecule is CC1CN(C(=O)c2ccc(NS(=O)(=O)c3cccc4cccnc34)cc2)CCN1C(=O)c1ccccn1. The van der Waals surface area contributed by atoms with Crippen molar-refractivity contribution in [3.63, 3.8) is 0 Å². The summed E-state index contributed by atoms with van der Waals surface area (Å²) in [5.74, 6) is -0.331. The Morgan fingerprint density at radius 2 is 1.62 bits per heavy atom. The smallest absolute Gasteiger partial charge is 0.272 e. The van der Waals surface area contributed by atoms with E-state index in [4.69, 9.17) is 0 Å². The van der Waals surface area contributed by atoms with Gasteiger partial charge >= 0.3 is 0 Å². The molecule has 5 rings (SSSR count). The summed E-state index contributed by atoms with van der Waals surface area (Å²) in [5, 5.41) is 0.724. The first kappa shape index (κ1) is 24.4.